The fourth-order valence-electron chi connectivity index (χ4n) is 3.56. The van der Waals surface area contributed by atoms with E-state index in [1.807, 2.05) is 24.3 Å². The van der Waals surface area contributed by atoms with Crippen molar-refractivity contribution >= 4 is 29.6 Å². The van der Waals surface area contributed by atoms with Gasteiger partial charge in [-0.3, -0.25) is 9.59 Å². The van der Waals surface area contributed by atoms with Crippen LogP contribution in [0.1, 0.15) is 20.7 Å². The van der Waals surface area contributed by atoms with E-state index in [0.29, 0.717) is 21.7 Å². The van der Waals surface area contributed by atoms with Crippen molar-refractivity contribution in [2.75, 3.05) is 0 Å². The normalized spacial score (nSPS) is 11.1. The van der Waals surface area contributed by atoms with Crippen LogP contribution in [0.4, 0.5) is 0 Å². The zero-order chi connectivity index (χ0) is 23.1. The quantitative estimate of drug-likeness (QED) is 0.326. The lowest BCUT2D eigenvalue weighted by atomic mass is 10.2. The molecule has 0 atom stereocenters. The maximum absolute atomic E-state index is 14.8. The van der Waals surface area contributed by atoms with Crippen LogP contribution in [0.2, 0.25) is 0 Å². The number of amides is 2. The maximum atomic E-state index is 14.8. The van der Waals surface area contributed by atoms with E-state index in [4.69, 9.17) is 0 Å². The summed E-state index contributed by atoms with van der Waals surface area (Å²) in [5.41, 5.74) is 0.813. The molecule has 4 aromatic rings. The summed E-state index contributed by atoms with van der Waals surface area (Å²) in [6.45, 7) is 0. The Balaban J connectivity index is 1.80. The van der Waals surface area contributed by atoms with Gasteiger partial charge in [-0.2, -0.15) is 0 Å². The molecule has 164 valence electrons. The molecule has 0 aromatic heterocycles. The summed E-state index contributed by atoms with van der Waals surface area (Å²) in [6.07, 6.45) is 0. The minimum Gasteiger partial charge on any atom is -0.325 e. The van der Waals surface area contributed by atoms with Crippen LogP contribution in [0.15, 0.2) is 121 Å². The molecular formula is C27H23N2O3P. The van der Waals surface area contributed by atoms with E-state index >= 15 is 0 Å². The van der Waals surface area contributed by atoms with Gasteiger partial charge in [-0.15, -0.1) is 0 Å². The Hall–Kier alpha value is -3.95. The Morgan fingerprint density at radius 2 is 0.818 bits per heavy atom. The number of nitrogens with one attached hydrogen (secondary N) is 2. The van der Waals surface area contributed by atoms with Crippen molar-refractivity contribution in [3.8, 4) is 0 Å². The molecule has 0 aliphatic heterocycles. The van der Waals surface area contributed by atoms with Gasteiger partial charge < -0.3 is 15.2 Å². The number of rotatable bonds is 7. The van der Waals surface area contributed by atoms with Crippen molar-refractivity contribution in [2.24, 2.45) is 0 Å². The zero-order valence-corrected chi connectivity index (χ0v) is 18.7. The number of carbonyl (C=O) groups is 2. The van der Waals surface area contributed by atoms with E-state index in [0.717, 1.165) is 0 Å². The van der Waals surface area contributed by atoms with Gasteiger partial charge in [0.2, 0.25) is 0 Å². The number of hydrogen-bond donors (Lipinski definition) is 2. The van der Waals surface area contributed by atoms with Crippen LogP contribution in [-0.2, 0) is 4.57 Å². The lowest BCUT2D eigenvalue weighted by Gasteiger charge is -2.30. The molecule has 6 heteroatoms. The minimum atomic E-state index is -3.55. The average Bonchev–Trinajstić information content (AvgIpc) is 2.89. The van der Waals surface area contributed by atoms with Crippen molar-refractivity contribution in [3.63, 3.8) is 0 Å². The van der Waals surface area contributed by atoms with Crippen LogP contribution in [-0.4, -0.2) is 17.7 Å². The third-order valence-electron chi connectivity index (χ3n) is 5.25. The lowest BCUT2D eigenvalue weighted by molar-refractivity contribution is 0.0908. The van der Waals surface area contributed by atoms with Gasteiger partial charge in [-0.25, -0.2) is 0 Å². The Morgan fingerprint density at radius 1 is 0.515 bits per heavy atom. The summed E-state index contributed by atoms with van der Waals surface area (Å²) >= 11 is 0. The van der Waals surface area contributed by atoms with Gasteiger partial charge in [0.05, 0.1) is 0 Å². The fourth-order valence-corrected chi connectivity index (χ4v) is 6.28. The SMILES string of the molecule is O=C(NC(NC(=O)c1ccccc1)P(=O)(c1ccccc1)c1ccccc1)c1ccccc1. The summed E-state index contributed by atoms with van der Waals surface area (Å²) < 4.78 is 14.8. The van der Waals surface area contributed by atoms with Gasteiger partial charge in [0.25, 0.3) is 11.8 Å². The highest BCUT2D eigenvalue weighted by Crippen LogP contribution is 2.46. The standard InChI is InChI=1S/C27H23N2O3P/c30-25(21-13-5-1-6-14-21)28-27(29-26(31)22-15-7-2-8-16-22)33(32,23-17-9-3-10-18-23)24-19-11-4-12-20-24/h1-20,27H,(H,28,30)(H,29,31). The van der Waals surface area contributed by atoms with E-state index in [2.05, 4.69) is 10.6 Å². The summed E-state index contributed by atoms with van der Waals surface area (Å²) in [5, 5.41) is 6.74. The molecule has 0 unspecified atom stereocenters. The van der Waals surface area contributed by atoms with Gasteiger partial charge in [-0.05, 0) is 24.3 Å². The van der Waals surface area contributed by atoms with Gasteiger partial charge in [0.1, 0.15) is 0 Å². The van der Waals surface area contributed by atoms with E-state index in [1.54, 1.807) is 97.1 Å². The number of carbonyl (C=O) groups excluding carboxylic acids is 2. The second kappa shape index (κ2) is 10.1. The first-order chi connectivity index (χ1) is 16.1. The Morgan fingerprint density at radius 3 is 1.15 bits per heavy atom. The molecule has 0 heterocycles. The first-order valence-corrected chi connectivity index (χ1v) is 12.3. The van der Waals surface area contributed by atoms with Gasteiger partial charge >= 0.3 is 0 Å². The van der Waals surface area contributed by atoms with Crippen LogP contribution >= 0.6 is 7.14 Å². The van der Waals surface area contributed by atoms with Crippen LogP contribution in [0.25, 0.3) is 0 Å². The molecule has 4 rings (SSSR count). The maximum Gasteiger partial charge on any atom is 0.253 e. The van der Waals surface area contributed by atoms with Gasteiger partial charge in [0.15, 0.2) is 13.0 Å². The predicted molar refractivity (Wildman–Crippen MR) is 131 cm³/mol. The second-order valence-electron chi connectivity index (χ2n) is 7.41. The molecule has 0 radical (unpaired) electrons. The number of hydrogen-bond acceptors (Lipinski definition) is 3. The topological polar surface area (TPSA) is 75.3 Å². The summed E-state index contributed by atoms with van der Waals surface area (Å²) in [6, 6.07) is 35.1. The largest absolute Gasteiger partial charge is 0.325 e. The monoisotopic (exact) mass is 454 g/mol. The van der Waals surface area contributed by atoms with Crippen LogP contribution in [0.3, 0.4) is 0 Å². The Kier molecular flexibility index (Phi) is 6.82. The molecule has 33 heavy (non-hydrogen) atoms. The average molecular weight is 454 g/mol. The predicted octanol–water partition coefficient (Wildman–Crippen LogP) is 4.14. The summed E-state index contributed by atoms with van der Waals surface area (Å²) in [4.78, 5) is 26.2. The van der Waals surface area contributed by atoms with E-state index in [1.165, 1.54) is 0 Å². The lowest BCUT2D eigenvalue weighted by Crippen LogP contribution is -2.51. The highest BCUT2D eigenvalue weighted by Gasteiger charge is 2.39. The molecule has 4 aromatic carbocycles. The van der Waals surface area contributed by atoms with Crippen molar-refractivity contribution in [2.45, 2.75) is 5.91 Å². The molecule has 0 fully saturated rings. The van der Waals surface area contributed by atoms with E-state index < -0.39 is 24.9 Å². The highest BCUT2D eigenvalue weighted by molar-refractivity contribution is 7.79. The van der Waals surface area contributed by atoms with Crippen molar-refractivity contribution < 1.29 is 14.2 Å². The third kappa shape index (κ3) is 4.94. The summed E-state index contributed by atoms with van der Waals surface area (Å²) in [5.74, 6) is -2.02. The minimum absolute atomic E-state index is 0.407. The Labute approximate surface area is 192 Å². The first kappa shape index (κ1) is 22.3. The second-order valence-corrected chi connectivity index (χ2v) is 10.3. The highest BCUT2D eigenvalue weighted by atomic mass is 31.2. The first-order valence-electron chi connectivity index (χ1n) is 10.5. The molecular weight excluding hydrogens is 431 g/mol. The molecule has 0 spiro atoms. The molecule has 0 aliphatic carbocycles. The molecule has 2 N–H and O–H groups in total. The third-order valence-corrected chi connectivity index (χ3v) is 8.37. The van der Waals surface area contributed by atoms with E-state index in [9.17, 15) is 14.2 Å². The smallest absolute Gasteiger partial charge is 0.253 e. The van der Waals surface area contributed by atoms with Crippen molar-refractivity contribution in [1.82, 2.24) is 10.6 Å². The molecule has 5 nitrogen and oxygen atoms in total. The zero-order valence-electron chi connectivity index (χ0n) is 17.8. The van der Waals surface area contributed by atoms with Crippen molar-refractivity contribution in [1.29, 1.82) is 0 Å². The number of benzene rings is 4. The molecule has 0 saturated heterocycles. The summed E-state index contributed by atoms with van der Waals surface area (Å²) in [7, 11) is -3.55. The molecule has 2 amide bonds. The van der Waals surface area contributed by atoms with Crippen LogP contribution in [0, 0.1) is 0 Å². The van der Waals surface area contributed by atoms with Gasteiger partial charge in [-0.1, -0.05) is 97.1 Å². The van der Waals surface area contributed by atoms with Crippen molar-refractivity contribution in [3.05, 3.63) is 132 Å². The fraction of sp³-hybridized carbons (Fsp3) is 0.0370. The van der Waals surface area contributed by atoms with Gasteiger partial charge in [0, 0.05) is 21.7 Å². The Bertz CT molecular complexity index is 1170. The molecule has 0 saturated carbocycles. The van der Waals surface area contributed by atoms with Crippen LogP contribution in [0.5, 0.6) is 0 Å². The molecule has 0 aliphatic rings. The van der Waals surface area contributed by atoms with Crippen LogP contribution < -0.4 is 21.2 Å². The molecule has 0 bridgehead atoms. The van der Waals surface area contributed by atoms with E-state index in [-0.39, 0.29) is 0 Å².